The summed E-state index contributed by atoms with van der Waals surface area (Å²) in [5, 5.41) is 4.46. The van der Waals surface area contributed by atoms with Crippen LogP contribution in [0.4, 0.5) is 0 Å². The number of hydrogen-bond donors (Lipinski definition) is 1. The molecule has 2 N–H and O–H groups in total. The fourth-order valence-corrected chi connectivity index (χ4v) is 2.23. The van der Waals surface area contributed by atoms with E-state index in [0.29, 0.717) is 6.54 Å². The van der Waals surface area contributed by atoms with Gasteiger partial charge in [-0.25, -0.2) is 0 Å². The Bertz CT molecular complexity index is 541. The summed E-state index contributed by atoms with van der Waals surface area (Å²) in [6.07, 6.45) is 3.07. The molecule has 0 aliphatic carbocycles. The Morgan fingerprint density at radius 1 is 1.22 bits per heavy atom. The van der Waals surface area contributed by atoms with Crippen molar-refractivity contribution in [2.24, 2.45) is 5.73 Å². The fourth-order valence-electron chi connectivity index (χ4n) is 2.23. The Hall–Kier alpha value is -1.61. The highest BCUT2D eigenvalue weighted by molar-refractivity contribution is 5.69. The van der Waals surface area contributed by atoms with Gasteiger partial charge in [0.1, 0.15) is 0 Å². The average molecular weight is 243 g/mol. The van der Waals surface area contributed by atoms with Gasteiger partial charge in [0.15, 0.2) is 0 Å². The highest BCUT2D eigenvalue weighted by Gasteiger charge is 2.10. The molecule has 0 aliphatic heterocycles. The van der Waals surface area contributed by atoms with Gasteiger partial charge in [0.25, 0.3) is 0 Å². The zero-order valence-corrected chi connectivity index (χ0v) is 11.4. The van der Waals surface area contributed by atoms with Gasteiger partial charge < -0.3 is 5.73 Å². The van der Waals surface area contributed by atoms with E-state index in [-0.39, 0.29) is 0 Å². The van der Waals surface area contributed by atoms with Crippen LogP contribution in [0.2, 0.25) is 0 Å². The average Bonchev–Trinajstić information content (AvgIpc) is 2.73. The zero-order valence-electron chi connectivity index (χ0n) is 11.4. The van der Waals surface area contributed by atoms with Crippen molar-refractivity contribution in [1.82, 2.24) is 9.78 Å². The van der Waals surface area contributed by atoms with Gasteiger partial charge in [-0.1, -0.05) is 19.1 Å². The lowest BCUT2D eigenvalue weighted by Gasteiger charge is -2.08. The molecule has 3 heteroatoms. The molecule has 1 heterocycles. The predicted molar refractivity (Wildman–Crippen MR) is 75.3 cm³/mol. The highest BCUT2D eigenvalue weighted by atomic mass is 15.3. The molecule has 0 atom stereocenters. The van der Waals surface area contributed by atoms with Gasteiger partial charge in [0.2, 0.25) is 0 Å². The van der Waals surface area contributed by atoms with Crippen LogP contribution in [0.5, 0.6) is 0 Å². The normalized spacial score (nSPS) is 10.9. The van der Waals surface area contributed by atoms with Gasteiger partial charge in [-0.2, -0.15) is 5.10 Å². The zero-order chi connectivity index (χ0) is 13.1. The fraction of sp³-hybridized carbons (Fsp3) is 0.400. The molecule has 2 rings (SSSR count). The number of rotatable bonds is 4. The molecule has 0 fully saturated rings. The van der Waals surface area contributed by atoms with Gasteiger partial charge >= 0.3 is 0 Å². The lowest BCUT2D eigenvalue weighted by atomic mass is 9.99. The first-order valence-electron chi connectivity index (χ1n) is 6.49. The third-order valence-corrected chi connectivity index (χ3v) is 3.37. The molecule has 1 aromatic heterocycles. The summed E-state index contributed by atoms with van der Waals surface area (Å²) in [7, 11) is 0. The van der Waals surface area contributed by atoms with Crippen LogP contribution in [0.25, 0.3) is 11.1 Å². The monoisotopic (exact) mass is 243 g/mol. The van der Waals surface area contributed by atoms with Crippen LogP contribution in [-0.4, -0.2) is 9.78 Å². The van der Waals surface area contributed by atoms with Crippen LogP contribution >= 0.6 is 0 Å². The van der Waals surface area contributed by atoms with Crippen molar-refractivity contribution in [3.63, 3.8) is 0 Å². The minimum atomic E-state index is 0.579. The van der Waals surface area contributed by atoms with E-state index in [0.717, 1.165) is 13.0 Å². The van der Waals surface area contributed by atoms with Crippen molar-refractivity contribution in [3.8, 4) is 11.1 Å². The van der Waals surface area contributed by atoms with E-state index in [4.69, 9.17) is 5.73 Å². The molecule has 1 aromatic carbocycles. The van der Waals surface area contributed by atoms with Crippen LogP contribution < -0.4 is 5.73 Å². The molecule has 0 radical (unpaired) electrons. The van der Waals surface area contributed by atoms with Crippen LogP contribution in [-0.2, 0) is 13.1 Å². The second-order valence-corrected chi connectivity index (χ2v) is 4.72. The first-order valence-corrected chi connectivity index (χ1v) is 6.49. The number of aromatic nitrogens is 2. The molecular weight excluding hydrogens is 222 g/mol. The second kappa shape index (κ2) is 5.36. The topological polar surface area (TPSA) is 43.8 Å². The molecule has 0 bridgehead atoms. The maximum atomic E-state index is 5.72. The standard InChI is InChI=1S/C15H21N3/c1-4-7-18-12(3)15(10-17-18)14-8-13(9-16)6-5-11(14)2/h5-6,8,10H,4,7,9,16H2,1-3H3. The lowest BCUT2D eigenvalue weighted by molar-refractivity contribution is 0.587. The smallest absolute Gasteiger partial charge is 0.0571 e. The summed E-state index contributed by atoms with van der Waals surface area (Å²) >= 11 is 0. The quantitative estimate of drug-likeness (QED) is 0.897. The molecule has 0 saturated carbocycles. The van der Waals surface area contributed by atoms with Crippen molar-refractivity contribution in [1.29, 1.82) is 0 Å². The molecule has 0 spiro atoms. The Kier molecular flexibility index (Phi) is 3.82. The third kappa shape index (κ3) is 2.31. The Morgan fingerprint density at radius 3 is 2.67 bits per heavy atom. The first-order chi connectivity index (χ1) is 8.67. The SMILES string of the molecule is CCCn1ncc(-c2cc(CN)ccc2C)c1C. The first kappa shape index (κ1) is 12.8. The highest BCUT2D eigenvalue weighted by Crippen LogP contribution is 2.27. The van der Waals surface area contributed by atoms with E-state index in [9.17, 15) is 0 Å². The van der Waals surface area contributed by atoms with E-state index >= 15 is 0 Å². The van der Waals surface area contributed by atoms with E-state index in [1.165, 1.54) is 27.9 Å². The number of nitrogens with two attached hydrogens (primary N) is 1. The third-order valence-electron chi connectivity index (χ3n) is 3.37. The number of nitrogens with zero attached hydrogens (tertiary/aromatic N) is 2. The molecule has 0 unspecified atom stereocenters. The van der Waals surface area contributed by atoms with Crippen molar-refractivity contribution >= 4 is 0 Å². The summed E-state index contributed by atoms with van der Waals surface area (Å²) in [6, 6.07) is 6.40. The predicted octanol–water partition coefficient (Wildman–Crippen LogP) is 3.04. The molecule has 2 aromatic rings. The lowest BCUT2D eigenvalue weighted by Crippen LogP contribution is -2.01. The molecule has 96 valence electrons. The van der Waals surface area contributed by atoms with E-state index in [1.807, 2.05) is 6.20 Å². The maximum absolute atomic E-state index is 5.72. The molecule has 0 saturated heterocycles. The largest absolute Gasteiger partial charge is 0.326 e. The summed E-state index contributed by atoms with van der Waals surface area (Å²) < 4.78 is 2.07. The van der Waals surface area contributed by atoms with Crippen molar-refractivity contribution in [2.45, 2.75) is 40.3 Å². The van der Waals surface area contributed by atoms with Crippen LogP contribution in [0.3, 0.4) is 0 Å². The molecular formula is C15H21N3. The molecule has 0 aliphatic rings. The van der Waals surface area contributed by atoms with Crippen LogP contribution in [0.1, 0.15) is 30.2 Å². The molecule has 18 heavy (non-hydrogen) atoms. The van der Waals surface area contributed by atoms with Crippen molar-refractivity contribution < 1.29 is 0 Å². The minimum Gasteiger partial charge on any atom is -0.326 e. The Balaban J connectivity index is 2.48. The summed E-state index contributed by atoms with van der Waals surface area (Å²) in [5.41, 5.74) is 11.8. The summed E-state index contributed by atoms with van der Waals surface area (Å²) in [4.78, 5) is 0. The van der Waals surface area contributed by atoms with Gasteiger partial charge in [-0.15, -0.1) is 0 Å². The van der Waals surface area contributed by atoms with E-state index in [2.05, 4.69) is 48.8 Å². The van der Waals surface area contributed by atoms with Crippen LogP contribution in [0.15, 0.2) is 24.4 Å². The molecule has 0 amide bonds. The summed E-state index contributed by atoms with van der Waals surface area (Å²) in [5.74, 6) is 0. The number of aryl methyl sites for hydroxylation is 2. The van der Waals surface area contributed by atoms with Crippen molar-refractivity contribution in [2.75, 3.05) is 0 Å². The van der Waals surface area contributed by atoms with Crippen LogP contribution in [0, 0.1) is 13.8 Å². The summed E-state index contributed by atoms with van der Waals surface area (Å²) in [6.45, 7) is 7.98. The molecule has 3 nitrogen and oxygen atoms in total. The van der Waals surface area contributed by atoms with Gasteiger partial charge in [-0.05, 0) is 43.0 Å². The van der Waals surface area contributed by atoms with Gasteiger partial charge in [-0.3, -0.25) is 4.68 Å². The van der Waals surface area contributed by atoms with Crippen molar-refractivity contribution in [3.05, 3.63) is 41.2 Å². The van der Waals surface area contributed by atoms with E-state index < -0.39 is 0 Å². The van der Waals surface area contributed by atoms with E-state index in [1.54, 1.807) is 0 Å². The van der Waals surface area contributed by atoms with Gasteiger partial charge in [0, 0.05) is 24.3 Å². The Labute approximate surface area is 109 Å². The Morgan fingerprint density at radius 2 is 2.00 bits per heavy atom. The van der Waals surface area contributed by atoms with Gasteiger partial charge in [0.05, 0.1) is 6.20 Å². The second-order valence-electron chi connectivity index (χ2n) is 4.72. The maximum Gasteiger partial charge on any atom is 0.0571 e. The number of hydrogen-bond acceptors (Lipinski definition) is 2. The minimum absolute atomic E-state index is 0.579. The number of benzene rings is 1.